The predicted molar refractivity (Wildman–Crippen MR) is 83.4 cm³/mol. The molecule has 0 bridgehead atoms. The highest BCUT2D eigenvalue weighted by atomic mass is 32.2. The van der Waals surface area contributed by atoms with E-state index in [-0.39, 0.29) is 17.7 Å². The molecule has 6 heteroatoms. The Bertz CT molecular complexity index is 444. The molecular formula is C15H28N2O3S. The Morgan fingerprint density at radius 3 is 2.52 bits per heavy atom. The number of nitrogens with zero attached hydrogens (tertiary/aromatic N) is 1. The molecule has 0 unspecified atom stereocenters. The van der Waals surface area contributed by atoms with Gasteiger partial charge in [-0.3, -0.25) is 4.79 Å². The van der Waals surface area contributed by atoms with E-state index in [0.717, 1.165) is 38.5 Å². The highest BCUT2D eigenvalue weighted by Crippen LogP contribution is 2.24. The third kappa shape index (κ3) is 4.42. The predicted octanol–water partition coefficient (Wildman–Crippen LogP) is 2.03. The first kappa shape index (κ1) is 16.7. The summed E-state index contributed by atoms with van der Waals surface area (Å²) in [6.07, 6.45) is 8.58. The lowest BCUT2D eigenvalue weighted by atomic mass is 9.95. The average molecular weight is 316 g/mol. The molecule has 21 heavy (non-hydrogen) atoms. The van der Waals surface area contributed by atoms with Gasteiger partial charge in [-0.15, -0.1) is 0 Å². The van der Waals surface area contributed by atoms with Crippen LogP contribution in [0.5, 0.6) is 0 Å². The van der Waals surface area contributed by atoms with E-state index < -0.39 is 16.1 Å². The summed E-state index contributed by atoms with van der Waals surface area (Å²) in [7, 11) is -3.28. The van der Waals surface area contributed by atoms with Crippen LogP contribution in [0.4, 0.5) is 0 Å². The van der Waals surface area contributed by atoms with Gasteiger partial charge in [0.05, 0.1) is 5.75 Å². The fourth-order valence-electron chi connectivity index (χ4n) is 3.32. The Hall–Kier alpha value is -0.620. The number of rotatable bonds is 6. The molecule has 5 nitrogen and oxygen atoms in total. The summed E-state index contributed by atoms with van der Waals surface area (Å²) in [5, 5.41) is 3.07. The van der Waals surface area contributed by atoms with Crippen LogP contribution in [-0.2, 0) is 14.8 Å². The van der Waals surface area contributed by atoms with Gasteiger partial charge in [-0.05, 0) is 32.1 Å². The Kier molecular flexibility index (Phi) is 6.05. The van der Waals surface area contributed by atoms with Crippen molar-refractivity contribution in [2.24, 2.45) is 0 Å². The zero-order valence-electron chi connectivity index (χ0n) is 13.0. The zero-order chi connectivity index (χ0) is 15.3. The zero-order valence-corrected chi connectivity index (χ0v) is 13.8. The van der Waals surface area contributed by atoms with Crippen molar-refractivity contribution in [3.63, 3.8) is 0 Å². The topological polar surface area (TPSA) is 66.5 Å². The van der Waals surface area contributed by atoms with Gasteiger partial charge in [0.2, 0.25) is 15.9 Å². The molecule has 1 saturated carbocycles. The summed E-state index contributed by atoms with van der Waals surface area (Å²) < 4.78 is 26.1. The largest absolute Gasteiger partial charge is 0.352 e. The van der Waals surface area contributed by atoms with Gasteiger partial charge in [0.15, 0.2) is 0 Å². The Morgan fingerprint density at radius 1 is 1.14 bits per heavy atom. The minimum atomic E-state index is -3.28. The summed E-state index contributed by atoms with van der Waals surface area (Å²) in [6, 6.07) is -0.235. The lowest BCUT2D eigenvalue weighted by Gasteiger charge is -2.27. The molecule has 1 aliphatic heterocycles. The second-order valence-corrected chi connectivity index (χ2v) is 8.32. The van der Waals surface area contributed by atoms with Gasteiger partial charge in [0, 0.05) is 12.6 Å². The van der Waals surface area contributed by atoms with Crippen molar-refractivity contribution >= 4 is 15.9 Å². The monoisotopic (exact) mass is 316 g/mol. The van der Waals surface area contributed by atoms with Crippen LogP contribution in [0.25, 0.3) is 0 Å². The van der Waals surface area contributed by atoms with Gasteiger partial charge in [0.25, 0.3) is 0 Å². The maximum Gasteiger partial charge on any atom is 0.238 e. The van der Waals surface area contributed by atoms with Crippen LogP contribution in [0.1, 0.15) is 64.7 Å². The Balaban J connectivity index is 1.95. The third-order valence-corrected chi connectivity index (χ3v) is 6.53. The van der Waals surface area contributed by atoms with E-state index in [2.05, 4.69) is 5.32 Å². The van der Waals surface area contributed by atoms with Gasteiger partial charge >= 0.3 is 0 Å². The smallest absolute Gasteiger partial charge is 0.238 e. The molecule has 1 heterocycles. The molecule has 122 valence electrons. The third-order valence-electron chi connectivity index (χ3n) is 4.57. The van der Waals surface area contributed by atoms with Gasteiger partial charge in [-0.25, -0.2) is 8.42 Å². The van der Waals surface area contributed by atoms with E-state index in [9.17, 15) is 13.2 Å². The van der Waals surface area contributed by atoms with Crippen molar-refractivity contribution < 1.29 is 13.2 Å². The number of hydrogen-bond donors (Lipinski definition) is 1. The number of nitrogens with one attached hydrogen (secondary N) is 1. The first-order valence-electron chi connectivity index (χ1n) is 8.34. The summed E-state index contributed by atoms with van der Waals surface area (Å²) >= 11 is 0. The molecule has 1 atom stereocenters. The molecule has 2 fully saturated rings. The van der Waals surface area contributed by atoms with E-state index in [1.165, 1.54) is 10.7 Å². The molecule has 1 amide bonds. The molecule has 1 aliphatic carbocycles. The molecular weight excluding hydrogens is 288 g/mol. The fraction of sp³-hybridized carbons (Fsp3) is 0.933. The molecule has 0 aromatic heterocycles. The minimum absolute atomic E-state index is 0.0838. The lowest BCUT2D eigenvalue weighted by Crippen LogP contribution is -2.49. The van der Waals surface area contributed by atoms with Gasteiger partial charge < -0.3 is 5.32 Å². The molecule has 1 N–H and O–H groups in total. The van der Waals surface area contributed by atoms with E-state index in [4.69, 9.17) is 0 Å². The second kappa shape index (κ2) is 7.58. The quantitative estimate of drug-likeness (QED) is 0.815. The highest BCUT2D eigenvalue weighted by Gasteiger charge is 2.38. The summed E-state index contributed by atoms with van der Waals surface area (Å²) in [6.45, 7) is 2.47. The van der Waals surface area contributed by atoms with E-state index in [0.29, 0.717) is 19.4 Å². The molecule has 2 aliphatic rings. The first-order valence-corrected chi connectivity index (χ1v) is 9.95. The maximum atomic E-state index is 12.4. The van der Waals surface area contributed by atoms with Crippen molar-refractivity contribution in [3.05, 3.63) is 0 Å². The van der Waals surface area contributed by atoms with Crippen LogP contribution in [-0.4, -0.2) is 43.0 Å². The van der Waals surface area contributed by atoms with Crippen molar-refractivity contribution in [1.82, 2.24) is 9.62 Å². The highest BCUT2D eigenvalue weighted by molar-refractivity contribution is 7.89. The van der Waals surface area contributed by atoms with E-state index in [1.54, 1.807) is 0 Å². The van der Waals surface area contributed by atoms with Crippen LogP contribution in [0, 0.1) is 0 Å². The van der Waals surface area contributed by atoms with Gasteiger partial charge in [0.1, 0.15) is 6.04 Å². The number of amides is 1. The number of carbonyl (C=O) groups is 1. The van der Waals surface area contributed by atoms with Crippen LogP contribution in [0.3, 0.4) is 0 Å². The Morgan fingerprint density at radius 2 is 1.86 bits per heavy atom. The first-order chi connectivity index (χ1) is 10.0. The normalized spacial score (nSPS) is 25.1. The van der Waals surface area contributed by atoms with E-state index in [1.807, 2.05) is 6.92 Å². The van der Waals surface area contributed by atoms with Crippen molar-refractivity contribution in [2.45, 2.75) is 76.8 Å². The molecule has 0 radical (unpaired) electrons. The number of hydrogen-bond acceptors (Lipinski definition) is 3. The van der Waals surface area contributed by atoms with Crippen LogP contribution in [0.2, 0.25) is 0 Å². The number of carbonyl (C=O) groups excluding carboxylic acids is 1. The maximum absolute atomic E-state index is 12.4. The van der Waals surface area contributed by atoms with E-state index >= 15 is 0 Å². The lowest BCUT2D eigenvalue weighted by molar-refractivity contribution is -0.125. The minimum Gasteiger partial charge on any atom is -0.352 e. The van der Waals surface area contributed by atoms with Crippen molar-refractivity contribution in [2.75, 3.05) is 12.3 Å². The summed E-state index contributed by atoms with van der Waals surface area (Å²) in [4.78, 5) is 12.4. The van der Waals surface area contributed by atoms with Crippen LogP contribution >= 0.6 is 0 Å². The summed E-state index contributed by atoms with van der Waals surface area (Å²) in [5.41, 5.74) is 0. The second-order valence-electron chi connectivity index (χ2n) is 6.28. The van der Waals surface area contributed by atoms with Crippen molar-refractivity contribution in [1.29, 1.82) is 0 Å². The number of sulfonamides is 1. The summed E-state index contributed by atoms with van der Waals surface area (Å²) in [5.74, 6) is 0.0796. The fourth-order valence-corrected chi connectivity index (χ4v) is 5.21. The van der Waals surface area contributed by atoms with Crippen LogP contribution < -0.4 is 5.32 Å². The Labute approximate surface area is 128 Å². The average Bonchev–Trinajstić information content (AvgIpc) is 2.97. The standard InChI is InChI=1S/C15H28N2O3S/c1-2-3-12-21(19,20)17-11-7-10-14(17)15(18)16-13-8-5-4-6-9-13/h13-14H,2-12H2,1H3,(H,16,18)/t14-/m0/s1. The molecule has 0 aromatic carbocycles. The van der Waals surface area contributed by atoms with Gasteiger partial charge in [-0.2, -0.15) is 4.31 Å². The number of unbranched alkanes of at least 4 members (excludes halogenated alkanes) is 1. The molecule has 0 spiro atoms. The van der Waals surface area contributed by atoms with Gasteiger partial charge in [-0.1, -0.05) is 32.6 Å². The molecule has 2 rings (SSSR count). The molecule has 0 aromatic rings. The van der Waals surface area contributed by atoms with Crippen molar-refractivity contribution in [3.8, 4) is 0 Å². The molecule has 1 saturated heterocycles. The SMILES string of the molecule is CCCCS(=O)(=O)N1CCC[C@H]1C(=O)NC1CCCCC1. The van der Waals surface area contributed by atoms with Crippen LogP contribution in [0.15, 0.2) is 0 Å².